The Morgan fingerprint density at radius 3 is 2.55 bits per heavy atom. The zero-order chi connectivity index (χ0) is 24.5. The van der Waals surface area contributed by atoms with Crippen LogP contribution in [0, 0.1) is 0 Å². The molecule has 3 N–H and O–H groups in total. The summed E-state index contributed by atoms with van der Waals surface area (Å²) in [5.74, 6) is -1.62. The molecule has 0 aromatic carbocycles. The van der Waals surface area contributed by atoms with Crippen LogP contribution in [-0.2, 0) is 14.3 Å². The van der Waals surface area contributed by atoms with E-state index in [2.05, 4.69) is 6.92 Å². The Balaban J connectivity index is 2.74. The van der Waals surface area contributed by atoms with Crippen LogP contribution in [0.25, 0.3) is 0 Å². The number of ether oxygens (including phenoxy) is 1. The summed E-state index contributed by atoms with van der Waals surface area (Å²) in [6.07, 6.45) is 15.7. The van der Waals surface area contributed by atoms with Gasteiger partial charge in [-0.2, -0.15) is 0 Å². The van der Waals surface area contributed by atoms with Crippen LogP contribution in [-0.4, -0.2) is 45.6 Å². The average Bonchev–Trinajstić information content (AvgIpc) is 2.71. The molecule has 0 saturated heterocycles. The number of hydrogen-bond acceptors (Lipinski definition) is 5. The quantitative estimate of drug-likeness (QED) is 0.196. The van der Waals surface area contributed by atoms with E-state index >= 15 is 0 Å². The molecule has 3 atom stereocenters. The minimum Gasteiger partial charge on any atom is -0.481 e. The molecule has 1 rings (SSSR count). The fraction of sp³-hybridized carbons (Fsp3) is 0.704. The standard InChI is InChI=1S/C27H44O6/c1-3-4-5-6-7-8-12-15-23(28)19-25-20-24(29)16-21(2)13-10-9-11-14-22(17-26(30)31)18-27(32)33-25/h9,11,13,18,23-25,28-29H,3-8,10,12,14-17,19-20H2,1-2H3,(H,30,31)/b11-9+,21-13+,22-18+/t23-,24-,25+/m1/s1. The van der Waals surface area contributed by atoms with E-state index in [9.17, 15) is 19.8 Å². The Kier molecular flexibility index (Phi) is 15.5. The predicted octanol–water partition coefficient (Wildman–Crippen LogP) is 5.63. The maximum absolute atomic E-state index is 12.5. The molecule has 1 aliphatic rings. The van der Waals surface area contributed by atoms with E-state index in [1.165, 1.54) is 38.2 Å². The normalized spacial score (nSPS) is 25.6. The summed E-state index contributed by atoms with van der Waals surface area (Å²) in [4.78, 5) is 23.7. The van der Waals surface area contributed by atoms with Gasteiger partial charge in [-0.3, -0.25) is 4.79 Å². The molecule has 0 aromatic heterocycles. The van der Waals surface area contributed by atoms with Gasteiger partial charge >= 0.3 is 11.9 Å². The highest BCUT2D eigenvalue weighted by atomic mass is 16.5. The van der Waals surface area contributed by atoms with Crippen molar-refractivity contribution in [2.24, 2.45) is 0 Å². The Bertz CT molecular complexity index is 664. The number of carboxylic acid groups (broad SMARTS) is 1. The van der Waals surface area contributed by atoms with Gasteiger partial charge in [0.25, 0.3) is 0 Å². The Labute approximate surface area is 199 Å². The summed E-state index contributed by atoms with van der Waals surface area (Å²) in [6, 6.07) is 0. The first kappa shape index (κ1) is 29.1. The third-order valence-electron chi connectivity index (χ3n) is 5.90. The van der Waals surface area contributed by atoms with Crippen molar-refractivity contribution in [3.05, 3.63) is 35.5 Å². The van der Waals surface area contributed by atoms with E-state index in [1.54, 1.807) is 0 Å². The van der Waals surface area contributed by atoms with Gasteiger partial charge < -0.3 is 20.1 Å². The van der Waals surface area contributed by atoms with Gasteiger partial charge in [0.15, 0.2) is 0 Å². The van der Waals surface area contributed by atoms with Crippen molar-refractivity contribution in [1.82, 2.24) is 0 Å². The van der Waals surface area contributed by atoms with E-state index in [0.717, 1.165) is 18.4 Å². The zero-order valence-corrected chi connectivity index (χ0v) is 20.5. The van der Waals surface area contributed by atoms with Crippen LogP contribution >= 0.6 is 0 Å². The molecule has 1 aliphatic heterocycles. The second-order valence-electron chi connectivity index (χ2n) is 9.29. The molecule has 0 fully saturated rings. The smallest absolute Gasteiger partial charge is 0.331 e. The Morgan fingerprint density at radius 2 is 1.85 bits per heavy atom. The first-order valence-electron chi connectivity index (χ1n) is 12.6. The molecule has 0 radical (unpaired) electrons. The van der Waals surface area contributed by atoms with Crippen molar-refractivity contribution in [3.63, 3.8) is 0 Å². The van der Waals surface area contributed by atoms with Gasteiger partial charge in [0.05, 0.1) is 18.6 Å². The van der Waals surface area contributed by atoms with Crippen LogP contribution in [0.15, 0.2) is 35.5 Å². The number of carbonyl (C=O) groups excluding carboxylic acids is 1. The van der Waals surface area contributed by atoms with Crippen LogP contribution < -0.4 is 0 Å². The zero-order valence-electron chi connectivity index (χ0n) is 20.5. The van der Waals surface area contributed by atoms with E-state index in [1.807, 2.05) is 25.2 Å². The van der Waals surface area contributed by atoms with Gasteiger partial charge in [-0.15, -0.1) is 0 Å². The molecule has 0 saturated carbocycles. The molecule has 188 valence electrons. The number of esters is 1. The topological polar surface area (TPSA) is 104 Å². The van der Waals surface area contributed by atoms with E-state index in [0.29, 0.717) is 31.3 Å². The van der Waals surface area contributed by atoms with E-state index in [4.69, 9.17) is 9.84 Å². The Morgan fingerprint density at radius 1 is 1.15 bits per heavy atom. The van der Waals surface area contributed by atoms with Crippen molar-refractivity contribution >= 4 is 11.9 Å². The van der Waals surface area contributed by atoms with E-state index in [-0.39, 0.29) is 19.3 Å². The third-order valence-corrected chi connectivity index (χ3v) is 5.90. The molecular weight excluding hydrogens is 420 g/mol. The number of aliphatic hydroxyl groups is 2. The van der Waals surface area contributed by atoms with Crippen LogP contribution in [0.3, 0.4) is 0 Å². The number of carbonyl (C=O) groups is 2. The van der Waals surface area contributed by atoms with Gasteiger partial charge in [-0.25, -0.2) is 4.79 Å². The third kappa shape index (κ3) is 15.5. The molecule has 6 nitrogen and oxygen atoms in total. The highest BCUT2D eigenvalue weighted by molar-refractivity contribution is 5.84. The monoisotopic (exact) mass is 464 g/mol. The van der Waals surface area contributed by atoms with Crippen LogP contribution in [0.2, 0.25) is 0 Å². The van der Waals surface area contributed by atoms with Crippen molar-refractivity contribution in [3.8, 4) is 0 Å². The average molecular weight is 465 g/mol. The van der Waals surface area contributed by atoms with Crippen LogP contribution in [0.1, 0.15) is 104 Å². The summed E-state index contributed by atoms with van der Waals surface area (Å²) in [6.45, 7) is 4.15. The molecule has 0 spiro atoms. The van der Waals surface area contributed by atoms with Crippen molar-refractivity contribution in [1.29, 1.82) is 0 Å². The molecule has 0 bridgehead atoms. The van der Waals surface area contributed by atoms with Crippen molar-refractivity contribution in [2.45, 2.75) is 122 Å². The number of rotatable bonds is 12. The minimum absolute atomic E-state index is 0.234. The molecular formula is C27H44O6. The summed E-state index contributed by atoms with van der Waals surface area (Å²) in [5.41, 5.74) is 1.50. The highest BCUT2D eigenvalue weighted by Gasteiger charge is 2.22. The number of hydrogen-bond donors (Lipinski definition) is 3. The number of aliphatic hydroxyl groups excluding tert-OH is 2. The lowest BCUT2D eigenvalue weighted by atomic mass is 9.97. The number of aliphatic carboxylic acids is 1. The summed E-state index contributed by atoms with van der Waals surface area (Å²) in [7, 11) is 0. The van der Waals surface area contributed by atoms with Crippen molar-refractivity contribution in [2.75, 3.05) is 0 Å². The first-order chi connectivity index (χ1) is 15.8. The van der Waals surface area contributed by atoms with Crippen LogP contribution in [0.5, 0.6) is 0 Å². The Hall–Kier alpha value is -1.92. The fourth-order valence-corrected chi connectivity index (χ4v) is 4.13. The highest BCUT2D eigenvalue weighted by Crippen LogP contribution is 2.20. The molecule has 0 aliphatic carbocycles. The number of cyclic esters (lactones) is 1. The predicted molar refractivity (Wildman–Crippen MR) is 131 cm³/mol. The molecule has 0 unspecified atom stereocenters. The lowest BCUT2D eigenvalue weighted by Crippen LogP contribution is -2.28. The minimum atomic E-state index is -1.00. The van der Waals surface area contributed by atoms with Gasteiger partial charge in [0.2, 0.25) is 0 Å². The maximum Gasteiger partial charge on any atom is 0.331 e. The van der Waals surface area contributed by atoms with Gasteiger partial charge in [0, 0.05) is 18.9 Å². The molecule has 1 heterocycles. The number of allylic oxidation sites excluding steroid dienone is 3. The number of unbranched alkanes of at least 4 members (excludes halogenated alkanes) is 6. The second kappa shape index (κ2) is 17.5. The maximum atomic E-state index is 12.5. The van der Waals surface area contributed by atoms with Crippen LogP contribution in [0.4, 0.5) is 0 Å². The van der Waals surface area contributed by atoms with Crippen molar-refractivity contribution < 1.29 is 29.6 Å². The molecule has 0 amide bonds. The molecule has 6 heteroatoms. The summed E-state index contributed by atoms with van der Waals surface area (Å²) >= 11 is 0. The lowest BCUT2D eigenvalue weighted by Gasteiger charge is -2.23. The first-order valence-corrected chi connectivity index (χ1v) is 12.6. The molecule has 33 heavy (non-hydrogen) atoms. The van der Waals surface area contributed by atoms with Gasteiger partial charge in [-0.05, 0) is 38.2 Å². The number of carboxylic acids is 1. The van der Waals surface area contributed by atoms with E-state index < -0.39 is 30.3 Å². The van der Waals surface area contributed by atoms with Gasteiger partial charge in [-0.1, -0.05) is 75.7 Å². The SMILES string of the molecule is CCCCCCCCC[C@@H](O)C[C@H]1C[C@H](O)C/C(C)=C/C/C=C/C/C(CC(=O)O)=C\C(=O)O1. The molecule has 0 aromatic rings. The summed E-state index contributed by atoms with van der Waals surface area (Å²) < 4.78 is 5.58. The summed E-state index contributed by atoms with van der Waals surface area (Å²) in [5, 5.41) is 30.2. The van der Waals surface area contributed by atoms with Gasteiger partial charge in [0.1, 0.15) is 6.10 Å². The largest absolute Gasteiger partial charge is 0.481 e. The second-order valence-corrected chi connectivity index (χ2v) is 9.29. The lowest BCUT2D eigenvalue weighted by molar-refractivity contribution is -0.146. The fourth-order valence-electron chi connectivity index (χ4n) is 4.13.